The van der Waals surface area contributed by atoms with E-state index >= 15 is 0 Å². The number of ether oxygens (including phenoxy) is 2. The zero-order chi connectivity index (χ0) is 20.4. The van der Waals surface area contributed by atoms with E-state index < -0.39 is 0 Å². The summed E-state index contributed by atoms with van der Waals surface area (Å²) in [4.78, 5) is 28.6. The van der Waals surface area contributed by atoms with Crippen molar-refractivity contribution in [3.05, 3.63) is 45.8 Å². The van der Waals surface area contributed by atoms with Crippen molar-refractivity contribution in [2.45, 2.75) is 44.6 Å². The molecule has 7 heteroatoms. The third-order valence-electron chi connectivity index (χ3n) is 5.80. The van der Waals surface area contributed by atoms with Gasteiger partial charge in [-0.15, -0.1) is 11.3 Å². The van der Waals surface area contributed by atoms with Gasteiger partial charge in [-0.05, 0) is 61.8 Å². The predicted octanol–water partition coefficient (Wildman–Crippen LogP) is 4.79. The molecule has 0 bridgehead atoms. The zero-order valence-corrected chi connectivity index (χ0v) is 17.6. The number of aryl methyl sites for hydroxylation is 1. The third-order valence-corrected chi connectivity index (χ3v) is 7.00. The second kappa shape index (κ2) is 8.45. The maximum atomic E-state index is 13.1. The molecular formula is C22H26N2O4S. The van der Waals surface area contributed by atoms with Crippen LogP contribution in [0.15, 0.2) is 24.3 Å². The average Bonchev–Trinajstić information content (AvgIpc) is 3.38. The first-order valence-corrected chi connectivity index (χ1v) is 10.9. The van der Waals surface area contributed by atoms with Gasteiger partial charge in [-0.25, -0.2) is 9.59 Å². The lowest BCUT2D eigenvalue weighted by atomic mass is 9.95. The minimum absolute atomic E-state index is 0.0251. The molecule has 0 spiro atoms. The van der Waals surface area contributed by atoms with Crippen LogP contribution in [0.3, 0.4) is 0 Å². The molecule has 0 unspecified atom stereocenters. The molecule has 0 saturated carbocycles. The lowest BCUT2D eigenvalue weighted by Crippen LogP contribution is -2.34. The van der Waals surface area contributed by atoms with Gasteiger partial charge in [0.05, 0.1) is 25.8 Å². The van der Waals surface area contributed by atoms with Crippen molar-refractivity contribution in [1.29, 1.82) is 0 Å². The first kappa shape index (κ1) is 19.8. The van der Waals surface area contributed by atoms with Crippen molar-refractivity contribution in [1.82, 2.24) is 4.90 Å². The number of anilines is 1. The number of amides is 2. The quantitative estimate of drug-likeness (QED) is 0.731. The Kier molecular flexibility index (Phi) is 5.76. The van der Waals surface area contributed by atoms with Gasteiger partial charge in [-0.1, -0.05) is 12.1 Å². The Labute approximate surface area is 174 Å². The van der Waals surface area contributed by atoms with E-state index in [2.05, 4.69) is 5.32 Å². The van der Waals surface area contributed by atoms with Crippen LogP contribution < -0.4 is 10.1 Å². The Hall–Kier alpha value is -2.54. The number of carbonyl (C=O) groups is 2. The van der Waals surface area contributed by atoms with E-state index in [0.29, 0.717) is 17.1 Å². The van der Waals surface area contributed by atoms with E-state index in [9.17, 15) is 9.59 Å². The molecule has 1 aromatic carbocycles. The largest absolute Gasteiger partial charge is 0.497 e. The molecule has 1 saturated heterocycles. The normalized spacial score (nSPS) is 18.3. The van der Waals surface area contributed by atoms with Crippen LogP contribution in [0.2, 0.25) is 0 Å². The van der Waals surface area contributed by atoms with Crippen LogP contribution in [0.4, 0.5) is 9.80 Å². The standard InChI is InChI=1S/C22H26N2O4S/c1-27-15-11-9-14(10-12-15)17-7-5-13-24(17)22(26)23-20-19(21(25)28-2)16-6-3-4-8-18(16)29-20/h9-12,17H,3-8,13H2,1-2H3,(H,23,26)/t17-/m1/s1. The summed E-state index contributed by atoms with van der Waals surface area (Å²) in [6.45, 7) is 0.696. The summed E-state index contributed by atoms with van der Waals surface area (Å²) in [5, 5.41) is 3.65. The average molecular weight is 415 g/mol. The van der Waals surface area contributed by atoms with E-state index in [4.69, 9.17) is 9.47 Å². The fourth-order valence-corrected chi connectivity index (χ4v) is 5.59. The second-order valence-corrected chi connectivity index (χ2v) is 8.57. The zero-order valence-electron chi connectivity index (χ0n) is 16.8. The highest BCUT2D eigenvalue weighted by Crippen LogP contribution is 2.40. The van der Waals surface area contributed by atoms with Crippen LogP contribution >= 0.6 is 11.3 Å². The van der Waals surface area contributed by atoms with Crippen molar-refractivity contribution in [2.24, 2.45) is 0 Å². The number of hydrogen-bond donors (Lipinski definition) is 1. The van der Waals surface area contributed by atoms with Crippen LogP contribution in [-0.2, 0) is 17.6 Å². The number of nitrogens with zero attached hydrogens (tertiary/aromatic N) is 1. The number of likely N-dealkylation sites (tertiary alicyclic amines) is 1. The monoisotopic (exact) mass is 414 g/mol. The number of benzene rings is 1. The Morgan fingerprint density at radius 1 is 1.10 bits per heavy atom. The minimum Gasteiger partial charge on any atom is -0.497 e. The molecule has 2 aliphatic rings. The molecule has 0 radical (unpaired) electrons. The number of methoxy groups -OCH3 is 2. The van der Waals surface area contributed by atoms with Gasteiger partial charge in [-0.3, -0.25) is 5.32 Å². The van der Waals surface area contributed by atoms with Crippen LogP contribution in [-0.4, -0.2) is 37.7 Å². The molecule has 2 aromatic rings. The van der Waals surface area contributed by atoms with E-state index in [-0.39, 0.29) is 18.0 Å². The molecule has 1 aliphatic heterocycles. The molecule has 1 fully saturated rings. The van der Waals surface area contributed by atoms with Crippen LogP contribution in [0.5, 0.6) is 5.75 Å². The Morgan fingerprint density at radius 2 is 1.86 bits per heavy atom. The van der Waals surface area contributed by atoms with Gasteiger partial charge in [0.15, 0.2) is 0 Å². The van der Waals surface area contributed by atoms with Gasteiger partial charge in [-0.2, -0.15) is 0 Å². The summed E-state index contributed by atoms with van der Waals surface area (Å²) in [5.74, 6) is 0.433. The number of esters is 1. The van der Waals surface area contributed by atoms with Crippen molar-refractivity contribution < 1.29 is 19.1 Å². The summed E-state index contributed by atoms with van der Waals surface area (Å²) < 4.78 is 10.2. The molecular weight excluding hydrogens is 388 g/mol. The van der Waals surface area contributed by atoms with Crippen LogP contribution in [0.25, 0.3) is 0 Å². The number of carbonyl (C=O) groups excluding carboxylic acids is 2. The number of thiophene rings is 1. The first-order valence-electron chi connectivity index (χ1n) is 10.1. The summed E-state index contributed by atoms with van der Waals surface area (Å²) >= 11 is 1.52. The molecule has 154 valence electrons. The van der Waals surface area contributed by atoms with E-state index in [1.165, 1.54) is 23.3 Å². The smallest absolute Gasteiger partial charge is 0.341 e. The van der Waals surface area contributed by atoms with Gasteiger partial charge in [0.1, 0.15) is 10.8 Å². The third kappa shape index (κ3) is 3.83. The van der Waals surface area contributed by atoms with E-state index in [1.807, 2.05) is 29.2 Å². The number of nitrogens with one attached hydrogen (secondary N) is 1. The molecule has 1 N–H and O–H groups in total. The lowest BCUT2D eigenvalue weighted by molar-refractivity contribution is 0.0601. The molecule has 1 aliphatic carbocycles. The first-order chi connectivity index (χ1) is 14.1. The second-order valence-electron chi connectivity index (χ2n) is 7.46. The molecule has 2 heterocycles. The lowest BCUT2D eigenvalue weighted by Gasteiger charge is -2.25. The van der Waals surface area contributed by atoms with Crippen LogP contribution in [0, 0.1) is 0 Å². The highest BCUT2D eigenvalue weighted by atomic mass is 32.1. The van der Waals surface area contributed by atoms with Crippen molar-refractivity contribution >= 4 is 28.3 Å². The minimum atomic E-state index is -0.368. The molecule has 29 heavy (non-hydrogen) atoms. The van der Waals surface area contributed by atoms with Gasteiger partial charge in [0.2, 0.25) is 0 Å². The van der Waals surface area contributed by atoms with Gasteiger partial charge in [0, 0.05) is 11.4 Å². The van der Waals surface area contributed by atoms with Crippen molar-refractivity contribution in [3.63, 3.8) is 0 Å². The number of rotatable bonds is 4. The molecule has 2 amide bonds. The number of urea groups is 1. The van der Waals surface area contributed by atoms with Crippen molar-refractivity contribution in [2.75, 3.05) is 26.1 Å². The van der Waals surface area contributed by atoms with E-state index in [1.54, 1.807) is 7.11 Å². The maximum absolute atomic E-state index is 13.1. The van der Waals surface area contributed by atoms with Gasteiger partial charge < -0.3 is 14.4 Å². The summed E-state index contributed by atoms with van der Waals surface area (Å²) in [6, 6.07) is 7.74. The highest BCUT2D eigenvalue weighted by Gasteiger charge is 2.32. The summed E-state index contributed by atoms with van der Waals surface area (Å²) in [5.41, 5.74) is 2.69. The Morgan fingerprint density at radius 3 is 2.59 bits per heavy atom. The highest BCUT2D eigenvalue weighted by molar-refractivity contribution is 7.17. The van der Waals surface area contributed by atoms with Crippen LogP contribution in [0.1, 0.15) is 58.1 Å². The molecule has 4 rings (SSSR count). The summed E-state index contributed by atoms with van der Waals surface area (Å²) in [6.07, 6.45) is 5.88. The topological polar surface area (TPSA) is 67.9 Å². The Balaban J connectivity index is 1.57. The molecule has 6 nitrogen and oxygen atoms in total. The molecule has 1 atom stereocenters. The number of hydrogen-bond acceptors (Lipinski definition) is 5. The fourth-order valence-electron chi connectivity index (χ4n) is 4.32. The van der Waals surface area contributed by atoms with E-state index in [0.717, 1.165) is 55.4 Å². The summed E-state index contributed by atoms with van der Waals surface area (Å²) in [7, 11) is 3.03. The maximum Gasteiger partial charge on any atom is 0.341 e. The fraction of sp³-hybridized carbons (Fsp3) is 0.455. The molecule has 1 aromatic heterocycles. The van der Waals surface area contributed by atoms with Crippen molar-refractivity contribution in [3.8, 4) is 5.75 Å². The van der Waals surface area contributed by atoms with Gasteiger partial charge in [0.25, 0.3) is 0 Å². The number of fused-ring (bicyclic) bond motifs is 1. The SMILES string of the molecule is COC(=O)c1c(NC(=O)N2CCC[C@@H]2c2ccc(OC)cc2)sc2c1CCCC2. The predicted molar refractivity (Wildman–Crippen MR) is 113 cm³/mol. The Bertz CT molecular complexity index is 906. The van der Waals surface area contributed by atoms with Gasteiger partial charge >= 0.3 is 12.0 Å².